The number of halogens is 1. The Balaban J connectivity index is 1.17. The van der Waals surface area contributed by atoms with E-state index in [1.54, 1.807) is 23.5 Å². The molecule has 0 aliphatic carbocycles. The fourth-order valence-electron chi connectivity index (χ4n) is 4.44. The highest BCUT2D eigenvalue weighted by Gasteiger charge is 2.36. The van der Waals surface area contributed by atoms with Crippen molar-refractivity contribution < 1.29 is 14.4 Å². The molecular formula is C24H22ClN3O3S. The zero-order valence-electron chi connectivity index (χ0n) is 17.6. The van der Waals surface area contributed by atoms with Gasteiger partial charge in [-0.25, -0.2) is 4.98 Å². The smallest absolute Gasteiger partial charge is 0.261 e. The Bertz CT molecular complexity index is 1250. The van der Waals surface area contributed by atoms with Gasteiger partial charge in [0.1, 0.15) is 0 Å². The second kappa shape index (κ2) is 8.30. The molecule has 0 N–H and O–H groups in total. The summed E-state index contributed by atoms with van der Waals surface area (Å²) in [5.41, 5.74) is 2.71. The fourth-order valence-corrected chi connectivity index (χ4v) is 5.73. The average molecular weight is 468 g/mol. The molecule has 32 heavy (non-hydrogen) atoms. The summed E-state index contributed by atoms with van der Waals surface area (Å²) in [6.07, 6.45) is 1.85. The Morgan fingerprint density at radius 2 is 1.84 bits per heavy atom. The summed E-state index contributed by atoms with van der Waals surface area (Å²) in [5, 5.41) is 1.78. The SMILES string of the molecule is Cc1ccc2c(c1)C(=O)N(CCC(=O)N1CCC(c3nc4cc(Cl)ccc4s3)CC1)C2=O. The van der Waals surface area contributed by atoms with Gasteiger partial charge in [0.25, 0.3) is 11.8 Å². The number of carbonyl (C=O) groups is 3. The first-order valence-electron chi connectivity index (χ1n) is 10.7. The highest BCUT2D eigenvalue weighted by atomic mass is 35.5. The number of aryl methyl sites for hydroxylation is 1. The Labute approximate surface area is 194 Å². The number of amides is 3. The molecule has 1 aromatic heterocycles. The molecule has 1 fully saturated rings. The molecule has 0 saturated carbocycles. The maximum Gasteiger partial charge on any atom is 0.261 e. The van der Waals surface area contributed by atoms with Gasteiger partial charge in [0.15, 0.2) is 0 Å². The van der Waals surface area contributed by atoms with Crippen LogP contribution < -0.4 is 0 Å². The monoisotopic (exact) mass is 467 g/mol. The van der Waals surface area contributed by atoms with Crippen molar-refractivity contribution in [3.63, 3.8) is 0 Å². The minimum absolute atomic E-state index is 0.0210. The number of likely N-dealkylation sites (tertiary alicyclic amines) is 1. The van der Waals surface area contributed by atoms with Gasteiger partial charge in [0.2, 0.25) is 5.91 Å². The lowest BCUT2D eigenvalue weighted by Crippen LogP contribution is -2.40. The van der Waals surface area contributed by atoms with Crippen LogP contribution in [0.3, 0.4) is 0 Å². The summed E-state index contributed by atoms with van der Waals surface area (Å²) >= 11 is 7.76. The third-order valence-electron chi connectivity index (χ3n) is 6.24. The number of piperidine rings is 1. The number of aromatic nitrogens is 1. The minimum Gasteiger partial charge on any atom is -0.343 e. The second-order valence-corrected chi connectivity index (χ2v) is 9.88. The maximum atomic E-state index is 12.8. The van der Waals surface area contributed by atoms with E-state index in [0.717, 1.165) is 33.6 Å². The molecule has 0 radical (unpaired) electrons. The Hall–Kier alpha value is -2.77. The van der Waals surface area contributed by atoms with E-state index < -0.39 is 0 Å². The first-order valence-corrected chi connectivity index (χ1v) is 11.9. The largest absolute Gasteiger partial charge is 0.343 e. The number of nitrogens with zero attached hydrogens (tertiary/aromatic N) is 3. The summed E-state index contributed by atoms with van der Waals surface area (Å²) < 4.78 is 1.12. The summed E-state index contributed by atoms with van der Waals surface area (Å²) in [6.45, 7) is 3.31. The van der Waals surface area contributed by atoms with E-state index in [1.165, 1.54) is 4.90 Å². The first-order chi connectivity index (χ1) is 15.4. The van der Waals surface area contributed by atoms with Gasteiger partial charge >= 0.3 is 0 Å². The molecule has 2 aliphatic heterocycles. The average Bonchev–Trinajstić information content (AvgIpc) is 3.31. The molecule has 0 bridgehead atoms. The van der Waals surface area contributed by atoms with Crippen molar-refractivity contribution in [2.24, 2.45) is 0 Å². The van der Waals surface area contributed by atoms with Gasteiger partial charge < -0.3 is 4.90 Å². The lowest BCUT2D eigenvalue weighted by molar-refractivity contribution is -0.132. The zero-order chi connectivity index (χ0) is 22.4. The molecule has 0 spiro atoms. The molecule has 0 unspecified atom stereocenters. The number of carbonyl (C=O) groups excluding carboxylic acids is 3. The molecule has 2 aromatic carbocycles. The third-order valence-corrected chi connectivity index (χ3v) is 7.67. The van der Waals surface area contributed by atoms with Crippen molar-refractivity contribution in [3.8, 4) is 0 Å². The van der Waals surface area contributed by atoms with Crippen LogP contribution in [0, 0.1) is 6.92 Å². The van der Waals surface area contributed by atoms with Crippen LogP contribution in [-0.2, 0) is 4.79 Å². The number of thiazole rings is 1. The molecular weight excluding hydrogens is 446 g/mol. The highest BCUT2D eigenvalue weighted by molar-refractivity contribution is 7.18. The van der Waals surface area contributed by atoms with Crippen molar-refractivity contribution >= 4 is 50.9 Å². The molecule has 2 aliphatic rings. The second-order valence-electron chi connectivity index (χ2n) is 8.38. The summed E-state index contributed by atoms with van der Waals surface area (Å²) in [5.74, 6) is -0.314. The first kappa shape index (κ1) is 21.1. The number of benzene rings is 2. The minimum atomic E-state index is -0.313. The normalized spacial score (nSPS) is 16.8. The van der Waals surface area contributed by atoms with Gasteiger partial charge in [-0.05, 0) is 50.1 Å². The zero-order valence-corrected chi connectivity index (χ0v) is 19.2. The molecule has 164 valence electrons. The van der Waals surface area contributed by atoms with E-state index in [2.05, 4.69) is 0 Å². The predicted molar refractivity (Wildman–Crippen MR) is 124 cm³/mol. The molecule has 3 aromatic rings. The molecule has 6 nitrogen and oxygen atoms in total. The van der Waals surface area contributed by atoms with E-state index in [4.69, 9.17) is 16.6 Å². The van der Waals surface area contributed by atoms with Crippen LogP contribution >= 0.6 is 22.9 Å². The van der Waals surface area contributed by atoms with Crippen LogP contribution in [0.15, 0.2) is 36.4 Å². The number of hydrogen-bond donors (Lipinski definition) is 0. The lowest BCUT2D eigenvalue weighted by atomic mass is 9.97. The number of fused-ring (bicyclic) bond motifs is 2. The summed E-state index contributed by atoms with van der Waals surface area (Å²) in [6, 6.07) is 11.0. The van der Waals surface area contributed by atoms with E-state index in [-0.39, 0.29) is 30.7 Å². The summed E-state index contributed by atoms with van der Waals surface area (Å²) in [7, 11) is 0. The van der Waals surface area contributed by atoms with Crippen LogP contribution in [0.5, 0.6) is 0 Å². The summed E-state index contributed by atoms with van der Waals surface area (Å²) in [4.78, 5) is 45.7. The van der Waals surface area contributed by atoms with Crippen molar-refractivity contribution in [1.29, 1.82) is 0 Å². The van der Waals surface area contributed by atoms with Crippen molar-refractivity contribution in [1.82, 2.24) is 14.8 Å². The molecule has 3 amide bonds. The topological polar surface area (TPSA) is 70.6 Å². The molecule has 8 heteroatoms. The Morgan fingerprint density at radius 3 is 2.62 bits per heavy atom. The van der Waals surface area contributed by atoms with Gasteiger partial charge in [-0.1, -0.05) is 23.2 Å². The fraction of sp³-hybridized carbons (Fsp3) is 0.333. The highest BCUT2D eigenvalue weighted by Crippen LogP contribution is 2.35. The molecule has 1 saturated heterocycles. The predicted octanol–water partition coefficient (Wildman–Crippen LogP) is 4.65. The van der Waals surface area contributed by atoms with Crippen LogP contribution in [0.4, 0.5) is 0 Å². The van der Waals surface area contributed by atoms with Crippen molar-refractivity contribution in [2.45, 2.75) is 32.1 Å². The van der Waals surface area contributed by atoms with Gasteiger partial charge in [0, 0.05) is 37.0 Å². The van der Waals surface area contributed by atoms with E-state index >= 15 is 0 Å². The third kappa shape index (κ3) is 3.80. The van der Waals surface area contributed by atoms with Crippen LogP contribution in [0.25, 0.3) is 10.2 Å². The number of imide groups is 1. The van der Waals surface area contributed by atoms with Gasteiger partial charge in [-0.15, -0.1) is 11.3 Å². The van der Waals surface area contributed by atoms with Crippen LogP contribution in [0.2, 0.25) is 5.02 Å². The maximum absolute atomic E-state index is 12.8. The van der Waals surface area contributed by atoms with Gasteiger partial charge in [-0.2, -0.15) is 0 Å². The molecule has 3 heterocycles. The number of rotatable bonds is 4. The van der Waals surface area contributed by atoms with E-state index in [0.29, 0.717) is 35.2 Å². The van der Waals surface area contributed by atoms with E-state index in [1.807, 2.05) is 36.1 Å². The van der Waals surface area contributed by atoms with Crippen LogP contribution in [0.1, 0.15) is 56.5 Å². The lowest BCUT2D eigenvalue weighted by Gasteiger charge is -2.31. The molecule has 5 rings (SSSR count). The van der Waals surface area contributed by atoms with Crippen molar-refractivity contribution in [3.05, 3.63) is 63.1 Å². The van der Waals surface area contributed by atoms with Crippen molar-refractivity contribution in [2.75, 3.05) is 19.6 Å². The van der Waals surface area contributed by atoms with Crippen LogP contribution in [-0.4, -0.2) is 52.1 Å². The van der Waals surface area contributed by atoms with E-state index in [9.17, 15) is 14.4 Å². The standard InChI is InChI=1S/C24H22ClN3O3S/c1-14-2-4-17-18(12-14)24(31)28(23(17)30)11-8-21(29)27-9-6-15(7-10-27)22-26-19-13-16(25)3-5-20(19)32-22/h2-5,12-13,15H,6-11H2,1H3. The Kier molecular flexibility index (Phi) is 5.47. The number of hydrogen-bond acceptors (Lipinski definition) is 5. The Morgan fingerprint density at radius 1 is 1.09 bits per heavy atom. The van der Waals surface area contributed by atoms with Gasteiger partial charge in [-0.3, -0.25) is 19.3 Å². The quantitative estimate of drug-likeness (QED) is 0.523. The van der Waals surface area contributed by atoms with Gasteiger partial charge in [0.05, 0.1) is 26.4 Å². The molecule has 0 atom stereocenters.